The maximum Gasteiger partial charge on any atom is 0.338 e. The standard InChI is InChI=1S/C24H26N2O5S/c1-4-16(2)26-32(29,30)22-13-10-19(11-14-22)24(28)31-17(3)23(27)25-21-12-9-18-7-5-6-8-20(18)15-21/h5-17,26H,4H2,1-3H3,(H,25,27). The first-order chi connectivity index (χ1) is 15.2. The van der Waals surface area contributed by atoms with Crippen molar-refractivity contribution in [3.63, 3.8) is 0 Å². The van der Waals surface area contributed by atoms with Gasteiger partial charge in [0, 0.05) is 11.7 Å². The van der Waals surface area contributed by atoms with Gasteiger partial charge < -0.3 is 10.1 Å². The Balaban J connectivity index is 1.62. The van der Waals surface area contributed by atoms with Crippen LogP contribution >= 0.6 is 0 Å². The minimum absolute atomic E-state index is 0.0523. The first-order valence-corrected chi connectivity index (χ1v) is 11.8. The number of sulfonamides is 1. The Morgan fingerprint density at radius 2 is 1.59 bits per heavy atom. The summed E-state index contributed by atoms with van der Waals surface area (Å²) < 4.78 is 32.5. The zero-order chi connectivity index (χ0) is 23.3. The molecule has 0 heterocycles. The van der Waals surface area contributed by atoms with Crippen LogP contribution in [-0.2, 0) is 19.6 Å². The van der Waals surface area contributed by atoms with Crippen molar-refractivity contribution in [3.8, 4) is 0 Å². The van der Waals surface area contributed by atoms with E-state index in [1.54, 1.807) is 13.0 Å². The van der Waals surface area contributed by atoms with E-state index in [0.29, 0.717) is 12.1 Å². The van der Waals surface area contributed by atoms with E-state index in [9.17, 15) is 18.0 Å². The smallest absolute Gasteiger partial charge is 0.338 e. The molecule has 2 atom stereocenters. The molecule has 0 aliphatic carbocycles. The van der Waals surface area contributed by atoms with Crippen LogP contribution in [0.25, 0.3) is 10.8 Å². The quantitative estimate of drug-likeness (QED) is 0.499. The van der Waals surface area contributed by atoms with Gasteiger partial charge in [0.05, 0.1) is 10.5 Å². The van der Waals surface area contributed by atoms with Gasteiger partial charge in [-0.2, -0.15) is 0 Å². The third-order valence-electron chi connectivity index (χ3n) is 5.04. The van der Waals surface area contributed by atoms with Gasteiger partial charge in [-0.3, -0.25) is 4.79 Å². The number of benzene rings is 3. The van der Waals surface area contributed by atoms with Crippen LogP contribution in [0.3, 0.4) is 0 Å². The SMILES string of the molecule is CCC(C)NS(=O)(=O)c1ccc(C(=O)OC(C)C(=O)Nc2ccc3ccccc3c2)cc1. The third kappa shape index (κ3) is 5.72. The predicted octanol–water partition coefficient (Wildman–Crippen LogP) is 4.10. The molecule has 3 aromatic carbocycles. The Bertz CT molecular complexity index is 1220. The molecule has 0 aromatic heterocycles. The molecule has 0 aliphatic heterocycles. The number of nitrogens with one attached hydrogen (secondary N) is 2. The minimum atomic E-state index is -3.67. The lowest BCUT2D eigenvalue weighted by Crippen LogP contribution is -2.32. The second-order valence-electron chi connectivity index (χ2n) is 7.55. The molecule has 32 heavy (non-hydrogen) atoms. The lowest BCUT2D eigenvalue weighted by atomic mass is 10.1. The van der Waals surface area contributed by atoms with Crippen molar-refractivity contribution in [2.24, 2.45) is 0 Å². The van der Waals surface area contributed by atoms with Gasteiger partial charge in [-0.05, 0) is 67.4 Å². The van der Waals surface area contributed by atoms with Crippen LogP contribution < -0.4 is 10.0 Å². The number of ether oxygens (including phenoxy) is 1. The number of rotatable bonds is 8. The topological polar surface area (TPSA) is 102 Å². The maximum absolute atomic E-state index is 12.5. The van der Waals surface area contributed by atoms with Crippen molar-refractivity contribution in [1.29, 1.82) is 0 Å². The van der Waals surface area contributed by atoms with Crippen LogP contribution in [0.15, 0.2) is 71.6 Å². The Kier molecular flexibility index (Phi) is 7.27. The summed E-state index contributed by atoms with van der Waals surface area (Å²) in [6, 6.07) is 18.5. The molecule has 0 fully saturated rings. The van der Waals surface area contributed by atoms with Gasteiger partial charge in [-0.1, -0.05) is 37.3 Å². The molecule has 0 aliphatic rings. The molecule has 2 unspecified atom stereocenters. The van der Waals surface area contributed by atoms with E-state index in [-0.39, 0.29) is 16.5 Å². The molecule has 0 spiro atoms. The van der Waals surface area contributed by atoms with Crippen molar-refractivity contribution in [2.75, 3.05) is 5.32 Å². The van der Waals surface area contributed by atoms with Crippen LogP contribution in [0, 0.1) is 0 Å². The average Bonchev–Trinajstić information content (AvgIpc) is 2.78. The van der Waals surface area contributed by atoms with Gasteiger partial charge in [-0.25, -0.2) is 17.9 Å². The van der Waals surface area contributed by atoms with Gasteiger partial charge in [0.2, 0.25) is 10.0 Å². The highest BCUT2D eigenvalue weighted by Gasteiger charge is 2.21. The summed E-state index contributed by atoms with van der Waals surface area (Å²) in [5, 5.41) is 4.77. The zero-order valence-electron chi connectivity index (χ0n) is 18.2. The lowest BCUT2D eigenvalue weighted by Gasteiger charge is -2.15. The molecule has 3 aromatic rings. The summed E-state index contributed by atoms with van der Waals surface area (Å²) in [5.41, 5.74) is 0.748. The van der Waals surface area contributed by atoms with Gasteiger partial charge >= 0.3 is 5.97 Å². The number of esters is 1. The number of amides is 1. The molecule has 0 radical (unpaired) electrons. The van der Waals surface area contributed by atoms with E-state index in [1.807, 2.05) is 43.3 Å². The molecule has 8 heteroatoms. The van der Waals surface area contributed by atoms with Gasteiger partial charge in [0.25, 0.3) is 5.91 Å². The highest BCUT2D eigenvalue weighted by Crippen LogP contribution is 2.19. The molecule has 0 saturated carbocycles. The summed E-state index contributed by atoms with van der Waals surface area (Å²) in [7, 11) is -3.67. The van der Waals surface area contributed by atoms with Crippen LogP contribution in [0.2, 0.25) is 0 Å². The Morgan fingerprint density at radius 3 is 2.25 bits per heavy atom. The molecule has 1 amide bonds. The monoisotopic (exact) mass is 454 g/mol. The lowest BCUT2D eigenvalue weighted by molar-refractivity contribution is -0.123. The number of hydrogen-bond donors (Lipinski definition) is 2. The van der Waals surface area contributed by atoms with Crippen LogP contribution in [0.1, 0.15) is 37.6 Å². The van der Waals surface area contributed by atoms with E-state index in [0.717, 1.165) is 10.8 Å². The van der Waals surface area contributed by atoms with E-state index in [4.69, 9.17) is 4.74 Å². The summed E-state index contributed by atoms with van der Waals surface area (Å²) in [4.78, 5) is 24.9. The number of anilines is 1. The average molecular weight is 455 g/mol. The van der Waals surface area contributed by atoms with Crippen molar-refractivity contribution in [1.82, 2.24) is 4.72 Å². The molecule has 7 nitrogen and oxygen atoms in total. The van der Waals surface area contributed by atoms with Crippen LogP contribution in [-0.4, -0.2) is 32.4 Å². The van der Waals surface area contributed by atoms with E-state index in [1.165, 1.54) is 31.2 Å². The summed E-state index contributed by atoms with van der Waals surface area (Å²) in [6.07, 6.45) is -0.382. The summed E-state index contributed by atoms with van der Waals surface area (Å²) in [6.45, 7) is 5.13. The Morgan fingerprint density at radius 1 is 0.938 bits per heavy atom. The molecule has 3 rings (SSSR count). The molecule has 168 valence electrons. The third-order valence-corrected chi connectivity index (χ3v) is 6.64. The number of fused-ring (bicyclic) bond motifs is 1. The number of hydrogen-bond acceptors (Lipinski definition) is 5. The van der Waals surface area contributed by atoms with Crippen molar-refractivity contribution in [3.05, 3.63) is 72.3 Å². The van der Waals surface area contributed by atoms with Crippen LogP contribution in [0.5, 0.6) is 0 Å². The van der Waals surface area contributed by atoms with Gasteiger partial charge in [0.1, 0.15) is 0 Å². The molecule has 0 saturated heterocycles. The molecule has 2 N–H and O–H groups in total. The fourth-order valence-corrected chi connectivity index (χ4v) is 4.31. The summed E-state index contributed by atoms with van der Waals surface area (Å²) >= 11 is 0. The molecule has 0 bridgehead atoms. The normalized spacial score (nSPS) is 13.3. The van der Waals surface area contributed by atoms with Gasteiger partial charge in [-0.15, -0.1) is 0 Å². The number of carbonyl (C=O) groups is 2. The largest absolute Gasteiger partial charge is 0.449 e. The minimum Gasteiger partial charge on any atom is -0.449 e. The first kappa shape index (κ1) is 23.4. The van der Waals surface area contributed by atoms with E-state index in [2.05, 4.69) is 10.0 Å². The van der Waals surface area contributed by atoms with Crippen molar-refractivity contribution < 1.29 is 22.7 Å². The first-order valence-electron chi connectivity index (χ1n) is 10.3. The Hall–Kier alpha value is -3.23. The highest BCUT2D eigenvalue weighted by molar-refractivity contribution is 7.89. The predicted molar refractivity (Wildman–Crippen MR) is 124 cm³/mol. The fourth-order valence-electron chi connectivity index (χ4n) is 2.98. The van der Waals surface area contributed by atoms with Crippen LogP contribution in [0.4, 0.5) is 5.69 Å². The van der Waals surface area contributed by atoms with Gasteiger partial charge in [0.15, 0.2) is 6.10 Å². The van der Waals surface area contributed by atoms with Crippen molar-refractivity contribution >= 4 is 38.4 Å². The zero-order valence-corrected chi connectivity index (χ0v) is 19.0. The highest BCUT2D eigenvalue weighted by atomic mass is 32.2. The second-order valence-corrected chi connectivity index (χ2v) is 9.27. The Labute approximate surface area is 187 Å². The molecular weight excluding hydrogens is 428 g/mol. The maximum atomic E-state index is 12.5. The number of carbonyl (C=O) groups excluding carboxylic acids is 2. The molecular formula is C24H26N2O5S. The van der Waals surface area contributed by atoms with E-state index < -0.39 is 28.0 Å². The van der Waals surface area contributed by atoms with E-state index >= 15 is 0 Å². The fraction of sp³-hybridized carbons (Fsp3) is 0.250. The van der Waals surface area contributed by atoms with Crippen molar-refractivity contribution in [2.45, 2.75) is 44.2 Å². The summed E-state index contributed by atoms with van der Waals surface area (Å²) in [5.74, 6) is -1.18. The second kappa shape index (κ2) is 9.93.